The fraction of sp³-hybridized carbons (Fsp3) is 0.0556. The molecule has 0 bridgehead atoms. The number of carbonyl (C=O) groups excluding carboxylic acids is 1. The predicted molar refractivity (Wildman–Crippen MR) is 121 cm³/mol. The van der Waals surface area contributed by atoms with Gasteiger partial charge in [0.05, 0.1) is 22.7 Å². The minimum atomic E-state index is -0.201. The highest BCUT2D eigenvalue weighted by Crippen LogP contribution is 2.30. The third kappa shape index (κ3) is 5.31. The molecule has 138 valence electrons. The summed E-state index contributed by atoms with van der Waals surface area (Å²) >= 11 is 11.6. The number of halogens is 3. The molecule has 0 unspecified atom stereocenters. The molecule has 1 aliphatic heterocycles. The molecule has 1 saturated heterocycles. The summed E-state index contributed by atoms with van der Waals surface area (Å²) in [5.41, 5.74) is 1.75. The second kappa shape index (κ2) is 9.18. The average molecular weight is 574 g/mol. The highest BCUT2D eigenvalue weighted by Gasteiger charge is 2.24. The Bertz CT molecular complexity index is 990. The molecule has 2 aromatic carbocycles. The van der Waals surface area contributed by atoms with Crippen molar-refractivity contribution in [1.82, 2.24) is 5.32 Å². The van der Waals surface area contributed by atoms with Gasteiger partial charge < -0.3 is 4.74 Å². The maximum atomic E-state index is 12.2. The van der Waals surface area contributed by atoms with E-state index in [0.29, 0.717) is 10.1 Å². The lowest BCUT2D eigenvalue weighted by Crippen LogP contribution is -2.19. The van der Waals surface area contributed by atoms with Crippen molar-refractivity contribution in [3.8, 4) is 5.75 Å². The van der Waals surface area contributed by atoms with Crippen LogP contribution in [-0.2, 0) is 4.79 Å². The third-order valence-electron chi connectivity index (χ3n) is 3.43. The number of thioether (sulfide) groups is 1. The van der Waals surface area contributed by atoms with Crippen LogP contribution in [0.5, 0.6) is 5.75 Å². The molecular formula is C18H12Br3N3O2S. The summed E-state index contributed by atoms with van der Waals surface area (Å²) in [5.74, 6) is 0.540. The molecule has 0 atom stereocenters. The van der Waals surface area contributed by atoms with Gasteiger partial charge in [-0.2, -0.15) is 5.10 Å². The van der Waals surface area contributed by atoms with Crippen LogP contribution in [0.25, 0.3) is 6.08 Å². The zero-order chi connectivity index (χ0) is 19.4. The van der Waals surface area contributed by atoms with E-state index < -0.39 is 0 Å². The fourth-order valence-corrected chi connectivity index (χ4v) is 4.22. The molecule has 1 amide bonds. The minimum Gasteiger partial charge on any atom is -0.496 e. The van der Waals surface area contributed by atoms with Crippen LogP contribution in [0, 0.1) is 0 Å². The molecule has 1 heterocycles. The predicted octanol–water partition coefficient (Wildman–Crippen LogP) is 5.58. The summed E-state index contributed by atoms with van der Waals surface area (Å²) in [6, 6.07) is 11.3. The summed E-state index contributed by atoms with van der Waals surface area (Å²) in [7, 11) is 1.61. The van der Waals surface area contributed by atoms with Crippen molar-refractivity contribution in [1.29, 1.82) is 0 Å². The Labute approximate surface area is 185 Å². The van der Waals surface area contributed by atoms with E-state index in [1.807, 2.05) is 42.5 Å². The Morgan fingerprint density at radius 3 is 2.67 bits per heavy atom. The standard InChI is InChI=1S/C18H12Br3N3O2S/c1-26-15-5-2-10(6-14(15)21)9-22-24-18-23-17(25)16(27-18)8-11-7-12(19)3-4-13(11)20/h2-9H,1H3,(H,23,24,25)/b16-8-,22-9-. The van der Waals surface area contributed by atoms with Crippen LogP contribution in [0.15, 0.2) is 64.9 Å². The van der Waals surface area contributed by atoms with Gasteiger partial charge in [0.2, 0.25) is 0 Å². The smallest absolute Gasteiger partial charge is 0.264 e. The molecule has 0 spiro atoms. The molecule has 0 aliphatic carbocycles. The zero-order valence-electron chi connectivity index (χ0n) is 13.9. The summed E-state index contributed by atoms with van der Waals surface area (Å²) in [6.07, 6.45) is 3.41. The van der Waals surface area contributed by atoms with Gasteiger partial charge in [0.1, 0.15) is 5.75 Å². The SMILES string of the molecule is COc1ccc(/C=N\N=C2/NC(=O)/C(=C/c3cc(Br)ccc3Br)S2)cc1Br. The van der Waals surface area contributed by atoms with Gasteiger partial charge in [0.15, 0.2) is 5.17 Å². The van der Waals surface area contributed by atoms with Gasteiger partial charge in [0.25, 0.3) is 5.91 Å². The Balaban J connectivity index is 1.74. The van der Waals surface area contributed by atoms with Crippen molar-refractivity contribution in [3.05, 3.63) is 65.8 Å². The van der Waals surface area contributed by atoms with E-state index in [0.717, 1.165) is 30.3 Å². The lowest BCUT2D eigenvalue weighted by atomic mass is 10.2. The van der Waals surface area contributed by atoms with Gasteiger partial charge >= 0.3 is 0 Å². The summed E-state index contributed by atoms with van der Waals surface area (Å²) in [4.78, 5) is 12.7. The van der Waals surface area contributed by atoms with Crippen molar-refractivity contribution >= 4 is 82.9 Å². The van der Waals surface area contributed by atoms with Crippen molar-refractivity contribution in [2.45, 2.75) is 0 Å². The number of amides is 1. The first kappa shape index (κ1) is 20.3. The molecule has 1 fully saturated rings. The summed E-state index contributed by atoms with van der Waals surface area (Å²) in [6.45, 7) is 0. The molecule has 9 heteroatoms. The number of ether oxygens (including phenoxy) is 1. The van der Waals surface area contributed by atoms with Crippen LogP contribution in [0.1, 0.15) is 11.1 Å². The number of nitrogens with one attached hydrogen (secondary N) is 1. The number of nitrogens with zero attached hydrogens (tertiary/aromatic N) is 2. The normalized spacial score (nSPS) is 17.1. The lowest BCUT2D eigenvalue weighted by Gasteiger charge is -2.02. The highest BCUT2D eigenvalue weighted by atomic mass is 79.9. The van der Waals surface area contributed by atoms with Gasteiger partial charge in [-0.25, -0.2) is 0 Å². The van der Waals surface area contributed by atoms with E-state index in [9.17, 15) is 4.79 Å². The van der Waals surface area contributed by atoms with Gasteiger partial charge in [-0.05, 0) is 81.3 Å². The molecule has 5 nitrogen and oxygen atoms in total. The molecule has 27 heavy (non-hydrogen) atoms. The van der Waals surface area contributed by atoms with Crippen molar-refractivity contribution in [3.63, 3.8) is 0 Å². The van der Waals surface area contributed by atoms with Gasteiger partial charge in [-0.3, -0.25) is 10.1 Å². The summed E-state index contributed by atoms with van der Waals surface area (Å²) < 4.78 is 7.86. The first-order valence-electron chi connectivity index (χ1n) is 7.57. The summed E-state index contributed by atoms with van der Waals surface area (Å²) in [5, 5.41) is 11.3. The van der Waals surface area contributed by atoms with E-state index in [-0.39, 0.29) is 5.91 Å². The first-order chi connectivity index (χ1) is 13.0. The van der Waals surface area contributed by atoms with Crippen molar-refractivity contribution in [2.24, 2.45) is 10.2 Å². The molecule has 2 aromatic rings. The fourth-order valence-electron chi connectivity index (χ4n) is 2.15. The molecular weight excluding hydrogens is 562 g/mol. The van der Waals surface area contributed by atoms with E-state index in [4.69, 9.17) is 4.74 Å². The van der Waals surface area contributed by atoms with Gasteiger partial charge in [-0.15, -0.1) is 5.10 Å². The maximum absolute atomic E-state index is 12.2. The van der Waals surface area contributed by atoms with Crippen molar-refractivity contribution < 1.29 is 9.53 Å². The zero-order valence-corrected chi connectivity index (χ0v) is 19.4. The van der Waals surface area contributed by atoms with Crippen molar-refractivity contribution in [2.75, 3.05) is 7.11 Å². The molecule has 0 aromatic heterocycles. The monoisotopic (exact) mass is 571 g/mol. The van der Waals surface area contributed by atoms with Crippen LogP contribution in [0.4, 0.5) is 0 Å². The van der Waals surface area contributed by atoms with Crippen LogP contribution in [-0.4, -0.2) is 24.4 Å². The molecule has 3 rings (SSSR count). The second-order valence-corrected chi connectivity index (χ2v) is 8.93. The number of hydrogen-bond acceptors (Lipinski definition) is 5. The van der Waals surface area contributed by atoms with Gasteiger partial charge in [-0.1, -0.05) is 31.9 Å². The Kier molecular flexibility index (Phi) is 6.91. The Morgan fingerprint density at radius 2 is 1.93 bits per heavy atom. The number of carbonyl (C=O) groups is 1. The quantitative estimate of drug-likeness (QED) is 0.295. The Morgan fingerprint density at radius 1 is 1.11 bits per heavy atom. The average Bonchev–Trinajstić information content (AvgIpc) is 2.98. The van der Waals surface area contributed by atoms with E-state index in [1.54, 1.807) is 13.3 Å². The number of rotatable bonds is 4. The first-order valence-corrected chi connectivity index (χ1v) is 10.8. The van der Waals surface area contributed by atoms with Gasteiger partial charge in [0, 0.05) is 8.95 Å². The maximum Gasteiger partial charge on any atom is 0.264 e. The van der Waals surface area contributed by atoms with Crippen LogP contribution in [0.3, 0.4) is 0 Å². The number of methoxy groups -OCH3 is 1. The third-order valence-corrected chi connectivity index (χ3v) is 6.16. The van der Waals surface area contributed by atoms with E-state index >= 15 is 0 Å². The molecule has 0 radical (unpaired) electrons. The molecule has 0 saturated carbocycles. The number of amidine groups is 1. The van der Waals surface area contributed by atoms with Crippen LogP contribution in [0.2, 0.25) is 0 Å². The topological polar surface area (TPSA) is 63.1 Å². The van der Waals surface area contributed by atoms with Crippen LogP contribution >= 0.6 is 59.6 Å². The lowest BCUT2D eigenvalue weighted by molar-refractivity contribution is -0.115. The molecule has 1 aliphatic rings. The number of hydrogen-bond donors (Lipinski definition) is 1. The number of benzene rings is 2. The Hall–Kier alpha value is -1.42. The second-order valence-electron chi connectivity index (χ2n) is 5.27. The highest BCUT2D eigenvalue weighted by molar-refractivity contribution is 9.11. The molecule has 1 N–H and O–H groups in total. The van der Waals surface area contributed by atoms with E-state index in [2.05, 4.69) is 63.3 Å². The van der Waals surface area contributed by atoms with E-state index in [1.165, 1.54) is 11.8 Å². The largest absolute Gasteiger partial charge is 0.496 e. The van der Waals surface area contributed by atoms with Crippen LogP contribution < -0.4 is 10.1 Å². The minimum absolute atomic E-state index is 0.201.